The van der Waals surface area contributed by atoms with E-state index in [9.17, 15) is 22.2 Å². The van der Waals surface area contributed by atoms with Gasteiger partial charge in [-0.2, -0.15) is 0 Å². The topological polar surface area (TPSA) is 40.5 Å². The minimum Gasteiger partial charge on any atom is -0.378 e. The van der Waals surface area contributed by atoms with E-state index in [2.05, 4.69) is 0 Å². The van der Waals surface area contributed by atoms with Crippen molar-refractivity contribution < 1.29 is 40.1 Å². The van der Waals surface area contributed by atoms with Gasteiger partial charge in [0.05, 0.1) is 1.37 Å². The second-order valence-corrected chi connectivity index (χ2v) is 7.93. The summed E-state index contributed by atoms with van der Waals surface area (Å²) in [6.45, 7) is -8.09. The quantitative estimate of drug-likeness (QED) is 0.612. The summed E-state index contributed by atoms with van der Waals surface area (Å²) in [5.74, 6) is -11.7. The highest BCUT2D eigenvalue weighted by molar-refractivity contribution is 5.93. The third kappa shape index (κ3) is 3.11. The van der Waals surface area contributed by atoms with Gasteiger partial charge in [0.2, 0.25) is 0 Å². The highest BCUT2D eigenvalue weighted by atomic mass is 16.3. The molecule has 3 heteroatoms. The minimum absolute atomic E-state index is 0.338. The molecular formula is C29H35NO2. The van der Waals surface area contributed by atoms with Crippen LogP contribution in [0.15, 0.2) is 47.0 Å². The highest BCUT2D eigenvalue weighted by Gasteiger charge is 2.62. The summed E-state index contributed by atoms with van der Waals surface area (Å²) in [6, 6.07) is 2.98. The van der Waals surface area contributed by atoms with Crippen LogP contribution in [-0.2, 0) is 4.79 Å². The lowest BCUT2D eigenvalue weighted by atomic mass is 9.51. The molecule has 5 atom stereocenters. The van der Waals surface area contributed by atoms with Gasteiger partial charge < -0.3 is 10.0 Å². The molecule has 4 aliphatic carbocycles. The third-order valence-corrected chi connectivity index (χ3v) is 5.77. The molecule has 2 fully saturated rings. The molecule has 1 aromatic rings. The Morgan fingerprint density at radius 3 is 2.81 bits per heavy atom. The monoisotopic (exact) mass is 451 g/mol. The number of carbonyl (C=O) groups is 1. The largest absolute Gasteiger partial charge is 0.378 e. The summed E-state index contributed by atoms with van der Waals surface area (Å²) in [4.78, 5) is 14.5. The van der Waals surface area contributed by atoms with Crippen LogP contribution in [0.3, 0.4) is 0 Å². The molecule has 0 bridgehead atoms. The van der Waals surface area contributed by atoms with Gasteiger partial charge in [0.25, 0.3) is 0 Å². The molecule has 32 heavy (non-hydrogen) atoms. The van der Waals surface area contributed by atoms with E-state index in [1.54, 1.807) is 14.1 Å². The first kappa shape index (κ1) is 7.88. The molecule has 0 aromatic heterocycles. The van der Waals surface area contributed by atoms with Crippen molar-refractivity contribution in [1.29, 1.82) is 0 Å². The molecule has 0 heterocycles. The Hall–Kier alpha value is -2.31. The fraction of sp³-hybridized carbons (Fsp3) is 0.552. The van der Waals surface area contributed by atoms with Gasteiger partial charge in [-0.3, -0.25) is 4.79 Å². The van der Waals surface area contributed by atoms with Crippen LogP contribution in [0.5, 0.6) is 0 Å². The summed E-state index contributed by atoms with van der Waals surface area (Å²) < 4.78 is 199. The molecule has 4 aliphatic rings. The van der Waals surface area contributed by atoms with E-state index in [0.29, 0.717) is 5.69 Å². The van der Waals surface area contributed by atoms with Gasteiger partial charge >= 0.3 is 0 Å². The number of rotatable bonds is 2. The number of nitrogens with zero attached hydrogens (tertiary/aromatic N) is 1. The Bertz CT molecular complexity index is 1970. The normalized spacial score (nSPS) is 63.4. The molecule has 0 amide bonds. The molecule has 168 valence electrons. The molecule has 0 unspecified atom stereocenters. The van der Waals surface area contributed by atoms with E-state index in [-0.39, 0.29) is 0 Å². The predicted octanol–water partition coefficient (Wildman–Crippen LogP) is 5.41. The van der Waals surface area contributed by atoms with Gasteiger partial charge in [-0.05, 0) is 91.8 Å². The number of hydrogen-bond donors (Lipinski definition) is 1. The van der Waals surface area contributed by atoms with Crippen LogP contribution in [0.1, 0.15) is 100.0 Å². The Balaban J connectivity index is 2.30. The lowest BCUT2D eigenvalue weighted by molar-refractivity contribution is -0.114. The molecule has 0 saturated heterocycles. The van der Waals surface area contributed by atoms with Crippen molar-refractivity contribution in [1.82, 2.24) is 0 Å². The van der Waals surface area contributed by atoms with Crippen LogP contribution in [0, 0.1) is 29.0 Å². The zero-order valence-electron chi connectivity index (χ0n) is 39.3. The number of benzene rings is 1. The zero-order valence-corrected chi connectivity index (χ0v) is 17.3. The molecule has 0 aliphatic heterocycles. The Morgan fingerprint density at radius 1 is 1.28 bits per heavy atom. The first-order valence-corrected chi connectivity index (χ1v) is 9.82. The van der Waals surface area contributed by atoms with Gasteiger partial charge in [-0.1, -0.05) is 30.5 Å². The van der Waals surface area contributed by atoms with Crippen molar-refractivity contribution in [2.24, 2.45) is 17.2 Å². The zero-order chi connectivity index (χ0) is 42.1. The van der Waals surface area contributed by atoms with E-state index in [1.807, 2.05) is 0 Å². The molecule has 5 rings (SSSR count). The number of carbonyl (C=O) groups excluding carboxylic acids is 1. The SMILES string of the molecule is [2H]C1=C2C(=C3[C@@]([2H])(c4ccc(N(C)C)cc4)C([2H])([2H])[C@@]4(C([2H])([2H])[2H])[C@@]([2H])(C([2H])([2H])C([2H])([2H])[C@@]4(O)C#CC([2H])([2H])[2H])[C@]3([2H])C([2H])([2H])C2([2H])[2H])C([2H])([2H])CC1=O. The van der Waals surface area contributed by atoms with Crippen molar-refractivity contribution in [3.05, 3.63) is 52.6 Å². The first-order chi connectivity index (χ1) is 23.8. The summed E-state index contributed by atoms with van der Waals surface area (Å²) >= 11 is 0. The van der Waals surface area contributed by atoms with Crippen LogP contribution >= 0.6 is 0 Å². The number of fused-ring (bicyclic) bond motifs is 4. The molecular weight excluding hydrogens is 394 g/mol. The van der Waals surface area contributed by atoms with Crippen LogP contribution in [0.2, 0.25) is 0 Å². The number of ketones is 1. The third-order valence-electron chi connectivity index (χ3n) is 5.77. The second-order valence-electron chi connectivity index (χ2n) is 7.93. The molecule has 0 spiro atoms. The number of aliphatic hydroxyl groups is 1. The van der Waals surface area contributed by atoms with Crippen molar-refractivity contribution in [2.45, 2.75) is 69.9 Å². The van der Waals surface area contributed by atoms with Crippen LogP contribution in [0.25, 0.3) is 0 Å². The fourth-order valence-electron chi connectivity index (χ4n) is 4.09. The summed E-state index contributed by atoms with van der Waals surface area (Å²) in [5.41, 5.74) is -14.2. The fourth-order valence-corrected chi connectivity index (χ4v) is 4.09. The minimum atomic E-state index is -4.76. The average molecular weight is 452 g/mol. The van der Waals surface area contributed by atoms with Gasteiger partial charge in [0.15, 0.2) is 5.78 Å². The smallest absolute Gasteiger partial charge is 0.156 e. The van der Waals surface area contributed by atoms with Crippen molar-refractivity contribution in [3.8, 4) is 11.8 Å². The van der Waals surface area contributed by atoms with Gasteiger partial charge in [0, 0.05) is 66.3 Å². The standard InChI is InChI=1S/C29H35NO2/c1-5-15-29(32)16-14-26-24-12-8-20-17-22(31)11-13-23(20)27(24)25(18-28(26,29)2)19-6-9-21(10-7-19)30(3)4/h6-7,9-10,17,24-26,32H,8,11-14,16,18H2,1-4H3/t24-,25+,26-,28-,29-/m0/s1/i1D3,2D3,8D2,12D2,13D2,14D2,16D2,17D,18D2,24D,25D,26D. The Labute approximate surface area is 223 Å². The van der Waals surface area contributed by atoms with E-state index >= 15 is 0 Å². The molecule has 3 nitrogen and oxygen atoms in total. The molecule has 1 N–H and O–H groups in total. The second kappa shape index (κ2) is 7.63. The van der Waals surface area contributed by atoms with Crippen LogP contribution in [0.4, 0.5) is 5.69 Å². The molecule has 0 radical (unpaired) electrons. The van der Waals surface area contributed by atoms with E-state index in [1.165, 1.54) is 28.9 Å². The molecule has 2 saturated carbocycles. The Morgan fingerprint density at radius 2 is 2.09 bits per heavy atom. The van der Waals surface area contributed by atoms with Gasteiger partial charge in [0.1, 0.15) is 5.60 Å². The number of allylic oxidation sites excluding steroid dienone is 4. The van der Waals surface area contributed by atoms with Crippen molar-refractivity contribution >= 4 is 11.5 Å². The van der Waals surface area contributed by atoms with Crippen LogP contribution < -0.4 is 4.90 Å². The number of anilines is 1. The van der Waals surface area contributed by atoms with E-state index < -0.39 is 121 Å². The average Bonchev–Trinajstić information content (AvgIpc) is 3.07. The Kier molecular flexibility index (Phi) is 1.88. The maximum Gasteiger partial charge on any atom is 0.156 e. The summed E-state index contributed by atoms with van der Waals surface area (Å²) in [7, 11) is 3.13. The number of hydrogen-bond acceptors (Lipinski definition) is 3. The molecule has 1 aromatic carbocycles. The predicted molar refractivity (Wildman–Crippen MR) is 129 cm³/mol. The van der Waals surface area contributed by atoms with Crippen molar-refractivity contribution in [2.75, 3.05) is 19.0 Å². The van der Waals surface area contributed by atoms with Gasteiger partial charge in [-0.25, -0.2) is 0 Å². The van der Waals surface area contributed by atoms with Gasteiger partial charge in [-0.15, -0.1) is 5.92 Å². The lowest BCUT2D eigenvalue weighted by Crippen LogP contribution is -2.51. The van der Waals surface area contributed by atoms with Crippen molar-refractivity contribution in [3.63, 3.8) is 0 Å². The summed E-state index contributed by atoms with van der Waals surface area (Å²) in [5, 5.41) is 12.6. The summed E-state index contributed by atoms with van der Waals surface area (Å²) in [6.07, 6.45) is -26.7. The first-order valence-electron chi connectivity index (χ1n) is 20.8. The van der Waals surface area contributed by atoms with Crippen LogP contribution in [-0.4, -0.2) is 30.6 Å². The lowest BCUT2D eigenvalue weighted by Gasteiger charge is -2.53. The van der Waals surface area contributed by atoms with E-state index in [0.717, 1.165) is 12.1 Å². The highest BCUT2D eigenvalue weighted by Crippen LogP contribution is 2.66. The maximum absolute atomic E-state index is 13.0. The van der Waals surface area contributed by atoms with E-state index in [4.69, 9.17) is 17.8 Å². The maximum atomic E-state index is 13.0.